The molecule has 0 fully saturated rings. The van der Waals surface area contributed by atoms with Crippen molar-refractivity contribution in [2.75, 3.05) is 12.3 Å². The number of esters is 1. The van der Waals surface area contributed by atoms with Gasteiger partial charge in [0.1, 0.15) is 11.5 Å². The normalized spacial score (nSPS) is 11.5. The van der Waals surface area contributed by atoms with Crippen molar-refractivity contribution in [2.24, 2.45) is 0 Å². The number of hydrogen-bond donors (Lipinski definition) is 1. The van der Waals surface area contributed by atoms with Crippen LogP contribution in [0.5, 0.6) is 11.5 Å². The minimum Gasteiger partial charge on any atom is -0.460 e. The molecule has 0 aliphatic carbocycles. The minimum atomic E-state index is -1.22. The van der Waals surface area contributed by atoms with Crippen molar-refractivity contribution >= 4 is 23.3 Å². The Balaban J connectivity index is 2.13. The lowest BCUT2D eigenvalue weighted by Crippen LogP contribution is -2.35. The minimum absolute atomic E-state index is 0.227. The molecule has 22 heavy (non-hydrogen) atoms. The van der Waals surface area contributed by atoms with E-state index in [0.717, 1.165) is 0 Å². The van der Waals surface area contributed by atoms with Crippen LogP contribution in [-0.4, -0.2) is 18.9 Å². The summed E-state index contributed by atoms with van der Waals surface area (Å²) in [5.74, 6) is 0.272. The van der Waals surface area contributed by atoms with Gasteiger partial charge in [-0.15, -0.1) is 0 Å². The summed E-state index contributed by atoms with van der Waals surface area (Å²) in [6.45, 7) is 1.94. The summed E-state index contributed by atoms with van der Waals surface area (Å²) in [6.07, 6.45) is -1.22. The summed E-state index contributed by atoms with van der Waals surface area (Å²) in [5, 5.41) is 0.569. The van der Waals surface area contributed by atoms with Crippen LogP contribution in [0.1, 0.15) is 6.92 Å². The highest BCUT2D eigenvalue weighted by molar-refractivity contribution is 6.30. The number of rotatable bonds is 6. The second-order valence-electron chi connectivity index (χ2n) is 4.34. The molecule has 0 bridgehead atoms. The topological polar surface area (TPSA) is 70.8 Å². The van der Waals surface area contributed by atoms with Gasteiger partial charge in [-0.25, -0.2) is 4.79 Å². The molecule has 116 valence electrons. The fraction of sp³-hybridized carbons (Fsp3) is 0.188. The molecule has 0 heterocycles. The van der Waals surface area contributed by atoms with Crippen LogP contribution in [0.2, 0.25) is 5.02 Å². The van der Waals surface area contributed by atoms with E-state index in [0.29, 0.717) is 22.2 Å². The number of carbonyl (C=O) groups is 1. The highest BCUT2D eigenvalue weighted by atomic mass is 35.5. The molecule has 2 aromatic carbocycles. The molecule has 2 rings (SSSR count). The summed E-state index contributed by atoms with van der Waals surface area (Å²) < 4.78 is 16.0. The molecule has 0 aliphatic heterocycles. The van der Waals surface area contributed by atoms with Crippen molar-refractivity contribution in [3.63, 3.8) is 0 Å². The highest BCUT2D eigenvalue weighted by Crippen LogP contribution is 2.20. The van der Waals surface area contributed by atoms with Crippen LogP contribution in [0.3, 0.4) is 0 Å². The van der Waals surface area contributed by atoms with Gasteiger partial charge in [0, 0.05) is 10.7 Å². The summed E-state index contributed by atoms with van der Waals surface area (Å²) in [5.41, 5.74) is 6.21. The largest absolute Gasteiger partial charge is 0.460 e. The van der Waals surface area contributed by atoms with E-state index in [4.69, 9.17) is 31.5 Å². The van der Waals surface area contributed by atoms with E-state index in [1.165, 1.54) is 0 Å². The third-order valence-electron chi connectivity index (χ3n) is 2.66. The lowest BCUT2D eigenvalue weighted by Gasteiger charge is -2.19. The molecule has 2 N–H and O–H groups in total. The average molecular weight is 322 g/mol. The van der Waals surface area contributed by atoms with Gasteiger partial charge in [-0.05, 0) is 55.5 Å². The molecule has 2 aromatic rings. The molecule has 0 aromatic heterocycles. The lowest BCUT2D eigenvalue weighted by molar-refractivity contribution is -0.165. The van der Waals surface area contributed by atoms with E-state index < -0.39 is 12.3 Å². The number of carbonyl (C=O) groups excluding carboxylic acids is 1. The van der Waals surface area contributed by atoms with Gasteiger partial charge < -0.3 is 19.9 Å². The number of hydrogen-bond acceptors (Lipinski definition) is 5. The Morgan fingerprint density at radius 3 is 2.05 bits per heavy atom. The van der Waals surface area contributed by atoms with Crippen molar-refractivity contribution in [1.82, 2.24) is 0 Å². The van der Waals surface area contributed by atoms with E-state index in [1.54, 1.807) is 55.5 Å². The zero-order valence-corrected chi connectivity index (χ0v) is 12.7. The average Bonchev–Trinajstić information content (AvgIpc) is 2.51. The molecular formula is C16H16ClNO4. The number of nitrogens with two attached hydrogens (primary N) is 1. The molecule has 0 saturated carbocycles. The van der Waals surface area contributed by atoms with E-state index in [2.05, 4.69) is 0 Å². The van der Waals surface area contributed by atoms with Crippen LogP contribution in [0, 0.1) is 0 Å². The quantitative estimate of drug-likeness (QED) is 0.502. The molecule has 0 radical (unpaired) electrons. The Morgan fingerprint density at radius 2 is 1.55 bits per heavy atom. The van der Waals surface area contributed by atoms with Gasteiger partial charge in [-0.2, -0.15) is 0 Å². The smallest absolute Gasteiger partial charge is 0.389 e. The van der Waals surface area contributed by atoms with Gasteiger partial charge in [0.05, 0.1) is 6.61 Å². The maximum absolute atomic E-state index is 12.0. The molecule has 6 heteroatoms. The predicted octanol–water partition coefficient (Wildman–Crippen LogP) is 3.27. The zero-order chi connectivity index (χ0) is 15.9. The fourth-order valence-corrected chi connectivity index (χ4v) is 1.76. The standard InChI is InChI=1S/C16H16ClNO4/c1-2-20-15(19)16(21-13-7-3-11(17)4-8-13)22-14-9-5-12(18)6-10-14/h3-10,16H,2,18H2,1H3. The van der Waals surface area contributed by atoms with Crippen LogP contribution < -0.4 is 15.2 Å². The Morgan fingerprint density at radius 1 is 1.05 bits per heavy atom. The van der Waals surface area contributed by atoms with Gasteiger partial charge in [0.15, 0.2) is 0 Å². The zero-order valence-electron chi connectivity index (χ0n) is 12.0. The molecular weight excluding hydrogens is 306 g/mol. The van der Waals surface area contributed by atoms with Gasteiger partial charge in [-0.3, -0.25) is 0 Å². The molecule has 1 unspecified atom stereocenters. The Labute approximate surface area is 133 Å². The lowest BCUT2D eigenvalue weighted by atomic mass is 10.3. The first-order valence-electron chi connectivity index (χ1n) is 6.69. The first kappa shape index (κ1) is 16.0. The Hall–Kier alpha value is -2.40. The van der Waals surface area contributed by atoms with Crippen LogP contribution in [-0.2, 0) is 9.53 Å². The summed E-state index contributed by atoms with van der Waals surface area (Å²) in [4.78, 5) is 12.0. The monoisotopic (exact) mass is 321 g/mol. The molecule has 0 spiro atoms. The number of nitrogen functional groups attached to an aromatic ring is 1. The fourth-order valence-electron chi connectivity index (χ4n) is 1.64. The molecule has 0 aliphatic rings. The van der Waals surface area contributed by atoms with E-state index in [1.807, 2.05) is 0 Å². The summed E-state index contributed by atoms with van der Waals surface area (Å²) in [7, 11) is 0. The third kappa shape index (κ3) is 4.56. The van der Waals surface area contributed by atoms with E-state index >= 15 is 0 Å². The number of ether oxygens (including phenoxy) is 3. The number of halogens is 1. The molecule has 1 atom stereocenters. The van der Waals surface area contributed by atoms with E-state index in [9.17, 15) is 4.79 Å². The second kappa shape index (κ2) is 7.56. The van der Waals surface area contributed by atoms with Gasteiger partial charge in [0.25, 0.3) is 0 Å². The first-order chi connectivity index (χ1) is 10.6. The Bertz CT molecular complexity index is 566. The van der Waals surface area contributed by atoms with Gasteiger partial charge in [-0.1, -0.05) is 11.6 Å². The SMILES string of the molecule is CCOC(=O)C(Oc1ccc(N)cc1)Oc1ccc(Cl)cc1. The number of anilines is 1. The summed E-state index contributed by atoms with van der Waals surface area (Å²) in [6, 6.07) is 13.2. The van der Waals surface area contributed by atoms with Gasteiger partial charge >= 0.3 is 12.3 Å². The molecule has 5 nitrogen and oxygen atoms in total. The van der Waals surface area contributed by atoms with Crippen molar-refractivity contribution < 1.29 is 19.0 Å². The van der Waals surface area contributed by atoms with Crippen LogP contribution >= 0.6 is 11.6 Å². The summed E-state index contributed by atoms with van der Waals surface area (Å²) >= 11 is 5.81. The Kier molecular flexibility index (Phi) is 5.49. The highest BCUT2D eigenvalue weighted by Gasteiger charge is 2.24. The van der Waals surface area contributed by atoms with Crippen molar-refractivity contribution in [3.05, 3.63) is 53.6 Å². The van der Waals surface area contributed by atoms with Crippen molar-refractivity contribution in [3.8, 4) is 11.5 Å². The van der Waals surface area contributed by atoms with Crippen LogP contribution in [0.4, 0.5) is 5.69 Å². The van der Waals surface area contributed by atoms with E-state index in [-0.39, 0.29) is 6.61 Å². The molecule has 0 amide bonds. The predicted molar refractivity (Wildman–Crippen MR) is 84.0 cm³/mol. The van der Waals surface area contributed by atoms with Gasteiger partial charge in [0.2, 0.25) is 0 Å². The van der Waals surface area contributed by atoms with Crippen molar-refractivity contribution in [1.29, 1.82) is 0 Å². The van der Waals surface area contributed by atoms with Crippen LogP contribution in [0.25, 0.3) is 0 Å². The number of benzene rings is 2. The maximum atomic E-state index is 12.0. The van der Waals surface area contributed by atoms with Crippen molar-refractivity contribution in [2.45, 2.75) is 13.2 Å². The molecule has 0 saturated heterocycles. The maximum Gasteiger partial charge on any atom is 0.389 e. The second-order valence-corrected chi connectivity index (χ2v) is 4.78. The van der Waals surface area contributed by atoms with Crippen LogP contribution in [0.15, 0.2) is 48.5 Å². The third-order valence-corrected chi connectivity index (χ3v) is 2.91. The first-order valence-corrected chi connectivity index (χ1v) is 7.07.